The van der Waals surface area contributed by atoms with Gasteiger partial charge in [0.05, 0.1) is 0 Å². The molecule has 0 amide bonds. The highest BCUT2D eigenvalue weighted by atomic mass is 17.2. The van der Waals surface area contributed by atoms with Crippen LogP contribution in [-0.4, -0.2) is 30.3 Å². The molecular formula is C13H21O8-. The average Bonchev–Trinajstić information content (AvgIpc) is 2.34. The van der Waals surface area contributed by atoms with Gasteiger partial charge in [-0.05, 0) is 40.7 Å². The average molecular weight is 305 g/mol. The molecule has 122 valence electrons. The van der Waals surface area contributed by atoms with Crippen LogP contribution in [0.2, 0.25) is 0 Å². The second-order valence-corrected chi connectivity index (χ2v) is 4.75. The first-order valence-electron chi connectivity index (χ1n) is 6.36. The molecule has 0 saturated carbocycles. The first kappa shape index (κ1) is 19.2. The molecule has 8 nitrogen and oxygen atoms in total. The minimum absolute atomic E-state index is 0.361. The number of carbonyl (C=O) groups is 2. The van der Waals surface area contributed by atoms with E-state index in [0.717, 1.165) is 0 Å². The zero-order valence-electron chi connectivity index (χ0n) is 12.8. The van der Waals surface area contributed by atoms with Gasteiger partial charge in [0, 0.05) is 0 Å². The molecule has 0 aromatic carbocycles. The van der Waals surface area contributed by atoms with E-state index in [4.69, 9.17) is 19.2 Å². The molecule has 0 fully saturated rings. The highest BCUT2D eigenvalue weighted by Gasteiger charge is 2.22. The summed E-state index contributed by atoms with van der Waals surface area (Å²) in [6.45, 7) is 11.5. The van der Waals surface area contributed by atoms with E-state index in [9.17, 15) is 14.7 Å². The van der Waals surface area contributed by atoms with Crippen LogP contribution >= 0.6 is 0 Å². The van der Waals surface area contributed by atoms with Gasteiger partial charge in [-0.3, -0.25) is 0 Å². The number of hydrogen-bond acceptors (Lipinski definition) is 8. The molecule has 0 spiro atoms. The number of hydrogen-bond donors (Lipinski definition) is 0. The third-order valence-corrected chi connectivity index (χ3v) is 2.37. The lowest BCUT2D eigenvalue weighted by atomic mass is 10.1. The Labute approximate surface area is 123 Å². The smallest absolute Gasteiger partial charge is 0.379 e. The van der Waals surface area contributed by atoms with Gasteiger partial charge < -0.3 is 29.0 Å². The van der Waals surface area contributed by atoms with E-state index in [-0.39, 0.29) is 5.76 Å². The van der Waals surface area contributed by atoms with E-state index in [1.54, 1.807) is 13.8 Å². The number of esters is 1. The van der Waals surface area contributed by atoms with Crippen molar-refractivity contribution in [2.75, 3.05) is 0 Å². The number of carbonyl (C=O) groups excluding carboxylic acids is 2. The fraction of sp³-hybridized carbons (Fsp3) is 0.692. The fourth-order valence-electron chi connectivity index (χ4n) is 0.933. The molecule has 0 aliphatic rings. The Balaban J connectivity index is 4.17. The van der Waals surface area contributed by atoms with Gasteiger partial charge >= 0.3 is 5.97 Å². The number of carboxylic acid groups (broad SMARTS) is 1. The van der Waals surface area contributed by atoms with Crippen molar-refractivity contribution in [2.24, 2.45) is 0 Å². The van der Waals surface area contributed by atoms with Crippen LogP contribution in [0.4, 0.5) is 4.79 Å². The maximum absolute atomic E-state index is 11.6. The zero-order valence-corrected chi connectivity index (χ0v) is 12.8. The van der Waals surface area contributed by atoms with Crippen molar-refractivity contribution in [3.63, 3.8) is 0 Å². The second kappa shape index (κ2) is 8.48. The van der Waals surface area contributed by atoms with Crippen molar-refractivity contribution in [1.29, 1.82) is 0 Å². The standard InChI is InChI=1S/C13H22O8/c1-7-13(5,6)21-20-8(2)11(14)18-9(3)17-10(4)19-12(15)16/h9-10H,2,7H2,1,3-6H3,(H,15,16)/p-1. The molecule has 0 aromatic heterocycles. The zero-order chi connectivity index (χ0) is 16.6. The molecule has 0 aliphatic heterocycles. The summed E-state index contributed by atoms with van der Waals surface area (Å²) in [6.07, 6.45) is -3.31. The van der Waals surface area contributed by atoms with E-state index in [2.05, 4.69) is 11.3 Å². The Hall–Kier alpha value is -1.80. The van der Waals surface area contributed by atoms with Crippen molar-refractivity contribution in [1.82, 2.24) is 0 Å². The normalized spacial score (nSPS) is 14.0. The molecule has 2 unspecified atom stereocenters. The Kier molecular flexibility index (Phi) is 7.75. The van der Waals surface area contributed by atoms with Gasteiger partial charge in [-0.2, -0.15) is 4.89 Å². The minimum Gasteiger partial charge on any atom is -0.521 e. The Morgan fingerprint density at radius 2 is 1.71 bits per heavy atom. The molecule has 0 aromatic rings. The lowest BCUT2D eigenvalue weighted by Gasteiger charge is -2.23. The Morgan fingerprint density at radius 3 is 2.19 bits per heavy atom. The summed E-state index contributed by atoms with van der Waals surface area (Å²) in [5.41, 5.74) is -0.581. The quantitative estimate of drug-likeness (QED) is 0.156. The van der Waals surface area contributed by atoms with Crippen LogP contribution in [0.15, 0.2) is 12.3 Å². The predicted molar refractivity (Wildman–Crippen MR) is 68.3 cm³/mol. The summed E-state index contributed by atoms with van der Waals surface area (Å²) in [7, 11) is 0. The third-order valence-electron chi connectivity index (χ3n) is 2.37. The van der Waals surface area contributed by atoms with Crippen LogP contribution < -0.4 is 5.11 Å². The lowest BCUT2D eigenvalue weighted by Crippen LogP contribution is -2.32. The molecular weight excluding hydrogens is 284 g/mol. The van der Waals surface area contributed by atoms with Crippen LogP contribution in [0.5, 0.6) is 0 Å². The predicted octanol–water partition coefficient (Wildman–Crippen LogP) is 1.25. The second-order valence-electron chi connectivity index (χ2n) is 4.75. The Bertz CT molecular complexity index is 376. The van der Waals surface area contributed by atoms with Gasteiger partial charge in [-0.25, -0.2) is 4.79 Å². The van der Waals surface area contributed by atoms with Gasteiger partial charge in [0.1, 0.15) is 11.9 Å². The molecule has 8 heteroatoms. The van der Waals surface area contributed by atoms with Crippen molar-refractivity contribution in [2.45, 2.75) is 59.2 Å². The monoisotopic (exact) mass is 305 g/mol. The molecule has 0 heterocycles. The summed E-state index contributed by atoms with van der Waals surface area (Å²) in [5.74, 6) is -1.27. The van der Waals surface area contributed by atoms with Crippen molar-refractivity contribution >= 4 is 12.1 Å². The van der Waals surface area contributed by atoms with Crippen LogP contribution in [0.3, 0.4) is 0 Å². The minimum atomic E-state index is -1.75. The van der Waals surface area contributed by atoms with Crippen LogP contribution in [0.25, 0.3) is 0 Å². The molecule has 0 N–H and O–H groups in total. The van der Waals surface area contributed by atoms with Gasteiger partial charge in [-0.15, -0.1) is 0 Å². The number of ether oxygens (including phenoxy) is 3. The van der Waals surface area contributed by atoms with E-state index >= 15 is 0 Å². The maximum Gasteiger partial charge on any atom is 0.379 e. The van der Waals surface area contributed by atoms with Crippen molar-refractivity contribution < 1.29 is 38.7 Å². The number of rotatable bonds is 9. The molecule has 2 atom stereocenters. The molecule has 0 bridgehead atoms. The summed E-state index contributed by atoms with van der Waals surface area (Å²) in [6, 6.07) is 0. The highest BCUT2D eigenvalue weighted by Crippen LogP contribution is 2.16. The maximum atomic E-state index is 11.6. The first-order chi connectivity index (χ1) is 9.57. The van der Waals surface area contributed by atoms with Crippen LogP contribution in [0.1, 0.15) is 41.0 Å². The van der Waals surface area contributed by atoms with E-state index in [1.807, 2.05) is 6.92 Å². The molecule has 21 heavy (non-hydrogen) atoms. The summed E-state index contributed by atoms with van der Waals surface area (Å²) >= 11 is 0. The SMILES string of the molecule is C=C(OOC(C)(C)CC)C(=O)OC(C)OC(C)OC(=O)[O-]. The van der Waals surface area contributed by atoms with E-state index < -0.39 is 30.3 Å². The third kappa shape index (κ3) is 8.87. The van der Waals surface area contributed by atoms with Crippen molar-refractivity contribution in [3.8, 4) is 0 Å². The van der Waals surface area contributed by atoms with Gasteiger partial charge in [0.2, 0.25) is 12.0 Å². The van der Waals surface area contributed by atoms with Gasteiger partial charge in [0.25, 0.3) is 6.16 Å². The fourth-order valence-corrected chi connectivity index (χ4v) is 0.933. The molecule has 0 aliphatic carbocycles. The Morgan fingerprint density at radius 1 is 1.19 bits per heavy atom. The van der Waals surface area contributed by atoms with Crippen LogP contribution in [-0.2, 0) is 28.8 Å². The van der Waals surface area contributed by atoms with Gasteiger partial charge in [0.15, 0.2) is 0 Å². The van der Waals surface area contributed by atoms with Crippen LogP contribution in [0, 0.1) is 0 Å². The molecule has 0 rings (SSSR count). The summed E-state index contributed by atoms with van der Waals surface area (Å²) in [4.78, 5) is 31.5. The first-order valence-corrected chi connectivity index (χ1v) is 6.36. The molecule has 0 saturated heterocycles. The topological polar surface area (TPSA) is 103 Å². The summed E-state index contributed by atoms with van der Waals surface area (Å²) < 4.78 is 13.9. The summed E-state index contributed by atoms with van der Waals surface area (Å²) in [5, 5.41) is 10.2. The van der Waals surface area contributed by atoms with Crippen molar-refractivity contribution in [3.05, 3.63) is 12.3 Å². The highest BCUT2D eigenvalue weighted by molar-refractivity contribution is 5.85. The van der Waals surface area contributed by atoms with E-state index in [0.29, 0.717) is 6.42 Å². The largest absolute Gasteiger partial charge is 0.521 e. The van der Waals surface area contributed by atoms with E-state index in [1.165, 1.54) is 13.8 Å². The molecule has 0 radical (unpaired) electrons. The van der Waals surface area contributed by atoms with Gasteiger partial charge in [-0.1, -0.05) is 6.92 Å². The lowest BCUT2D eigenvalue weighted by molar-refractivity contribution is -0.328.